The van der Waals surface area contributed by atoms with Crippen LogP contribution >= 0.6 is 0 Å². The van der Waals surface area contributed by atoms with Gasteiger partial charge in [-0.25, -0.2) is 5.01 Å². The van der Waals surface area contributed by atoms with Gasteiger partial charge in [-0.15, -0.1) is 0 Å². The highest BCUT2D eigenvalue weighted by Gasteiger charge is 2.05. The number of fused-ring (bicyclic) bond motifs is 1. The molecule has 0 spiro atoms. The van der Waals surface area contributed by atoms with Crippen LogP contribution in [0.1, 0.15) is 5.69 Å². The molecule has 0 bridgehead atoms. The normalized spacial score (nSPS) is 11.0. The second-order valence-electron chi connectivity index (χ2n) is 4.08. The fourth-order valence-electron chi connectivity index (χ4n) is 1.70. The number of anilines is 2. The molecule has 0 unspecified atom stereocenters. The van der Waals surface area contributed by atoms with Gasteiger partial charge in [-0.3, -0.25) is 4.98 Å². The number of aryl methyl sites for hydroxylation is 1. The van der Waals surface area contributed by atoms with E-state index in [-0.39, 0.29) is 0 Å². The molecule has 0 radical (unpaired) electrons. The third-order valence-electron chi connectivity index (χ3n) is 2.42. The molecule has 2 aromatic rings. The van der Waals surface area contributed by atoms with Crippen molar-refractivity contribution in [1.29, 1.82) is 0 Å². The molecule has 0 saturated carbocycles. The van der Waals surface area contributed by atoms with Crippen molar-refractivity contribution < 1.29 is 0 Å². The number of hydrogen-bond acceptors (Lipinski definition) is 4. The van der Waals surface area contributed by atoms with E-state index in [2.05, 4.69) is 10.4 Å². The minimum atomic E-state index is 0.756. The summed E-state index contributed by atoms with van der Waals surface area (Å²) in [6.45, 7) is 1.97. The molecule has 0 fully saturated rings. The number of pyridine rings is 1. The number of nitrogens with zero attached hydrogens (tertiary/aromatic N) is 2. The van der Waals surface area contributed by atoms with Gasteiger partial charge in [-0.2, -0.15) is 0 Å². The van der Waals surface area contributed by atoms with E-state index in [1.165, 1.54) is 0 Å². The number of aromatic nitrogens is 1. The maximum absolute atomic E-state index is 5.92. The Hall–Kier alpha value is -1.81. The first-order chi connectivity index (χ1) is 7.58. The number of nitrogen functional groups attached to an aromatic ring is 1. The first-order valence-electron chi connectivity index (χ1n) is 5.17. The van der Waals surface area contributed by atoms with Crippen molar-refractivity contribution in [3.63, 3.8) is 0 Å². The Kier molecular flexibility index (Phi) is 2.66. The highest BCUT2D eigenvalue weighted by molar-refractivity contribution is 6.00. The summed E-state index contributed by atoms with van der Waals surface area (Å²) in [5, 5.41) is 3.99. The van der Waals surface area contributed by atoms with Crippen LogP contribution in [0.25, 0.3) is 10.8 Å². The van der Waals surface area contributed by atoms with E-state index in [9.17, 15) is 0 Å². The molecular formula is C12H16N4. The van der Waals surface area contributed by atoms with Crippen molar-refractivity contribution in [3.8, 4) is 0 Å². The molecule has 2 rings (SSSR count). The number of hydrogen-bond donors (Lipinski definition) is 2. The van der Waals surface area contributed by atoms with Gasteiger partial charge >= 0.3 is 0 Å². The highest BCUT2D eigenvalue weighted by Crippen LogP contribution is 2.28. The second-order valence-corrected chi connectivity index (χ2v) is 4.08. The van der Waals surface area contributed by atoms with Crippen molar-refractivity contribution in [3.05, 3.63) is 30.1 Å². The minimum absolute atomic E-state index is 0.756. The monoisotopic (exact) mass is 216 g/mol. The number of nitrogens with two attached hydrogens (primary N) is 1. The van der Waals surface area contributed by atoms with Crippen LogP contribution in [0.5, 0.6) is 0 Å². The summed E-state index contributed by atoms with van der Waals surface area (Å²) in [7, 11) is 3.91. The lowest BCUT2D eigenvalue weighted by atomic mass is 10.1. The molecule has 1 heterocycles. The predicted octanol–water partition coefficient (Wildman–Crippen LogP) is 2.01. The maximum Gasteiger partial charge on any atom is 0.0571 e. The topological polar surface area (TPSA) is 54.2 Å². The van der Waals surface area contributed by atoms with E-state index in [4.69, 9.17) is 5.73 Å². The Morgan fingerprint density at radius 1 is 1.25 bits per heavy atom. The lowest BCUT2D eigenvalue weighted by Gasteiger charge is -2.16. The van der Waals surface area contributed by atoms with Crippen LogP contribution < -0.4 is 11.2 Å². The zero-order valence-corrected chi connectivity index (χ0v) is 9.78. The van der Waals surface area contributed by atoms with Crippen molar-refractivity contribution in [2.45, 2.75) is 6.92 Å². The van der Waals surface area contributed by atoms with Gasteiger partial charge in [0.2, 0.25) is 0 Å². The summed E-state index contributed by atoms with van der Waals surface area (Å²) in [5.41, 5.74) is 12.0. The predicted molar refractivity (Wildman–Crippen MR) is 68.2 cm³/mol. The van der Waals surface area contributed by atoms with Gasteiger partial charge in [0.25, 0.3) is 0 Å². The van der Waals surface area contributed by atoms with Crippen LogP contribution in [0.15, 0.2) is 24.4 Å². The lowest BCUT2D eigenvalue weighted by molar-refractivity contribution is 0.496. The molecule has 1 aromatic heterocycles. The van der Waals surface area contributed by atoms with E-state index >= 15 is 0 Å². The molecule has 0 aliphatic heterocycles. The third-order valence-corrected chi connectivity index (χ3v) is 2.42. The fraction of sp³-hybridized carbons (Fsp3) is 0.250. The summed E-state index contributed by atoms with van der Waals surface area (Å²) in [4.78, 5) is 4.27. The first kappa shape index (κ1) is 10.7. The summed E-state index contributed by atoms with van der Waals surface area (Å²) >= 11 is 0. The van der Waals surface area contributed by atoms with Gasteiger partial charge < -0.3 is 11.2 Å². The van der Waals surface area contributed by atoms with Crippen LogP contribution in [0.2, 0.25) is 0 Å². The van der Waals surface area contributed by atoms with E-state index in [0.717, 1.165) is 27.8 Å². The Balaban J connectivity index is 2.65. The molecule has 4 heteroatoms. The van der Waals surface area contributed by atoms with Gasteiger partial charge in [-0.1, -0.05) is 0 Å². The summed E-state index contributed by atoms with van der Waals surface area (Å²) < 4.78 is 0. The molecule has 0 aliphatic rings. The molecule has 0 saturated heterocycles. The molecule has 0 atom stereocenters. The number of benzene rings is 1. The standard InChI is InChI=1S/C12H16N4/c1-8-6-9-10(7-14-8)11(13)4-5-12(9)15-16(2)3/h4-7,15H,13H2,1-3H3. The summed E-state index contributed by atoms with van der Waals surface area (Å²) in [6.07, 6.45) is 1.82. The fourth-order valence-corrected chi connectivity index (χ4v) is 1.70. The molecule has 4 nitrogen and oxygen atoms in total. The van der Waals surface area contributed by atoms with Gasteiger partial charge in [0.15, 0.2) is 0 Å². The first-order valence-corrected chi connectivity index (χ1v) is 5.17. The molecule has 1 aromatic carbocycles. The van der Waals surface area contributed by atoms with E-state index in [1.54, 1.807) is 0 Å². The molecule has 0 aliphatic carbocycles. The van der Waals surface area contributed by atoms with Crippen molar-refractivity contribution in [2.24, 2.45) is 0 Å². The van der Waals surface area contributed by atoms with Crippen molar-refractivity contribution in [1.82, 2.24) is 9.99 Å². The van der Waals surface area contributed by atoms with E-state index in [1.807, 2.05) is 50.4 Å². The minimum Gasteiger partial charge on any atom is -0.398 e. The average Bonchev–Trinajstić information content (AvgIpc) is 2.22. The summed E-state index contributed by atoms with van der Waals surface area (Å²) in [5.74, 6) is 0. The smallest absolute Gasteiger partial charge is 0.0571 e. The number of rotatable bonds is 2. The molecule has 84 valence electrons. The Labute approximate surface area is 95.0 Å². The zero-order valence-electron chi connectivity index (χ0n) is 9.78. The molecule has 0 amide bonds. The largest absolute Gasteiger partial charge is 0.398 e. The molecule has 3 N–H and O–H groups in total. The van der Waals surface area contributed by atoms with Gasteiger partial charge in [0.1, 0.15) is 0 Å². The SMILES string of the molecule is Cc1cc2c(NN(C)C)ccc(N)c2cn1. The van der Waals surface area contributed by atoms with Gasteiger partial charge in [0.05, 0.1) is 5.69 Å². The van der Waals surface area contributed by atoms with Crippen LogP contribution in [-0.4, -0.2) is 24.1 Å². The van der Waals surface area contributed by atoms with Crippen molar-refractivity contribution in [2.75, 3.05) is 25.3 Å². The highest BCUT2D eigenvalue weighted by atomic mass is 15.5. The van der Waals surface area contributed by atoms with E-state index < -0.39 is 0 Å². The quantitative estimate of drug-likeness (QED) is 0.595. The maximum atomic E-state index is 5.92. The second kappa shape index (κ2) is 3.98. The Morgan fingerprint density at radius 3 is 2.69 bits per heavy atom. The summed E-state index contributed by atoms with van der Waals surface area (Å²) in [6, 6.07) is 5.92. The third kappa shape index (κ3) is 1.92. The lowest BCUT2D eigenvalue weighted by Crippen LogP contribution is -2.19. The van der Waals surface area contributed by atoms with Crippen LogP contribution in [-0.2, 0) is 0 Å². The van der Waals surface area contributed by atoms with Crippen LogP contribution in [0.4, 0.5) is 11.4 Å². The zero-order chi connectivity index (χ0) is 11.7. The molecule has 16 heavy (non-hydrogen) atoms. The number of nitrogens with one attached hydrogen (secondary N) is 1. The van der Waals surface area contributed by atoms with Crippen molar-refractivity contribution >= 4 is 22.1 Å². The molecular weight excluding hydrogens is 200 g/mol. The van der Waals surface area contributed by atoms with Gasteiger partial charge in [0, 0.05) is 42.4 Å². The van der Waals surface area contributed by atoms with E-state index in [0.29, 0.717) is 0 Å². The Morgan fingerprint density at radius 2 is 2.00 bits per heavy atom. The van der Waals surface area contributed by atoms with Crippen LogP contribution in [0.3, 0.4) is 0 Å². The number of hydrazine groups is 1. The average molecular weight is 216 g/mol. The Bertz CT molecular complexity index is 520. The van der Waals surface area contributed by atoms with Gasteiger partial charge in [-0.05, 0) is 25.1 Å². The van der Waals surface area contributed by atoms with Crippen LogP contribution in [0, 0.1) is 6.92 Å².